The summed E-state index contributed by atoms with van der Waals surface area (Å²) >= 11 is 0. The Labute approximate surface area is 254 Å². The average molecular weight is 567 g/mol. The Morgan fingerprint density at radius 3 is 1.48 bits per heavy atom. The molecule has 0 spiro atoms. The van der Waals surface area contributed by atoms with E-state index in [9.17, 15) is 0 Å². The van der Waals surface area contributed by atoms with Crippen LogP contribution in [0, 0.1) is 5.92 Å². The fraction of sp³-hybridized carbons (Fsp3) is 0.486. The maximum absolute atomic E-state index is 6.37. The van der Waals surface area contributed by atoms with E-state index >= 15 is 0 Å². The first-order chi connectivity index (χ1) is 19.7. The third-order valence-electron chi connectivity index (χ3n) is 9.40. The first kappa shape index (κ1) is 30.9. The summed E-state index contributed by atoms with van der Waals surface area (Å²) in [6, 6.07) is 26.0. The van der Waals surface area contributed by atoms with Gasteiger partial charge in [-0.15, -0.1) is 0 Å². The van der Waals surface area contributed by atoms with Crippen molar-refractivity contribution in [3.8, 4) is 0 Å². The normalized spacial score (nSPS) is 21.6. The second kappa shape index (κ2) is 11.5. The first-order valence-electron chi connectivity index (χ1n) is 15.5. The highest BCUT2D eigenvalue weighted by atomic mass is 16.7. The summed E-state index contributed by atoms with van der Waals surface area (Å²) in [5.41, 5.74) is 5.54. The number of rotatable bonds is 8. The molecule has 0 aromatic heterocycles. The van der Waals surface area contributed by atoms with E-state index in [-0.39, 0.29) is 30.0 Å². The predicted molar refractivity (Wildman–Crippen MR) is 176 cm³/mol. The van der Waals surface area contributed by atoms with Gasteiger partial charge in [-0.2, -0.15) is 0 Å². The third kappa shape index (κ3) is 5.94. The van der Waals surface area contributed by atoms with Crippen LogP contribution in [0.1, 0.15) is 87.1 Å². The van der Waals surface area contributed by atoms with Crippen LogP contribution in [0.5, 0.6) is 0 Å². The van der Waals surface area contributed by atoms with E-state index in [1.807, 2.05) is 0 Å². The van der Waals surface area contributed by atoms with E-state index in [0.717, 1.165) is 34.4 Å². The van der Waals surface area contributed by atoms with Crippen molar-refractivity contribution in [2.45, 2.75) is 104 Å². The van der Waals surface area contributed by atoms with Gasteiger partial charge in [-0.25, -0.2) is 0 Å². The lowest BCUT2D eigenvalue weighted by Gasteiger charge is -2.32. The van der Waals surface area contributed by atoms with Gasteiger partial charge in [0, 0.05) is 17.1 Å². The van der Waals surface area contributed by atoms with Gasteiger partial charge in [-0.3, -0.25) is 0 Å². The van der Waals surface area contributed by atoms with Crippen LogP contribution in [-0.2, 0) is 18.6 Å². The molecule has 42 heavy (non-hydrogen) atoms. The van der Waals surface area contributed by atoms with Gasteiger partial charge in [0.1, 0.15) is 0 Å². The molecule has 2 aliphatic heterocycles. The Balaban J connectivity index is 1.45. The van der Waals surface area contributed by atoms with E-state index in [4.69, 9.17) is 18.6 Å². The van der Waals surface area contributed by atoms with Gasteiger partial charge in [0.2, 0.25) is 0 Å². The average Bonchev–Trinajstić information content (AvgIpc) is 3.39. The van der Waals surface area contributed by atoms with E-state index in [1.165, 1.54) is 5.56 Å². The summed E-state index contributed by atoms with van der Waals surface area (Å²) in [6.07, 6.45) is 1.16. The zero-order chi connectivity index (χ0) is 30.4. The second-order valence-electron chi connectivity index (χ2n) is 13.9. The Morgan fingerprint density at radius 1 is 0.643 bits per heavy atom. The number of nitrogens with zero attached hydrogens (tertiary/aromatic N) is 1. The highest BCUT2D eigenvalue weighted by molar-refractivity contribution is 6.62. The maximum atomic E-state index is 6.37. The highest BCUT2D eigenvalue weighted by Gasteiger charge is 2.51. The lowest BCUT2D eigenvalue weighted by molar-refractivity contribution is 0.00578. The number of hydrogen-bond acceptors (Lipinski definition) is 5. The van der Waals surface area contributed by atoms with Crippen molar-refractivity contribution in [1.82, 2.24) is 0 Å². The van der Waals surface area contributed by atoms with Crippen LogP contribution in [0.15, 0.2) is 72.8 Å². The summed E-state index contributed by atoms with van der Waals surface area (Å²) < 4.78 is 25.3. The monoisotopic (exact) mass is 567 g/mol. The zero-order valence-electron chi connectivity index (χ0n) is 27.1. The number of anilines is 3. The van der Waals surface area contributed by atoms with Crippen LogP contribution >= 0.6 is 0 Å². The molecule has 0 bridgehead atoms. The molecule has 2 aliphatic rings. The molecule has 5 rings (SSSR count). The van der Waals surface area contributed by atoms with Crippen LogP contribution < -0.4 is 15.8 Å². The van der Waals surface area contributed by atoms with E-state index < -0.39 is 7.12 Å². The Bertz CT molecular complexity index is 1340. The Hall–Kier alpha value is -2.57. The molecule has 0 aliphatic carbocycles. The van der Waals surface area contributed by atoms with Gasteiger partial charge in [-0.05, 0) is 113 Å². The van der Waals surface area contributed by atoms with Gasteiger partial charge in [0.15, 0.2) is 0 Å². The Morgan fingerprint density at radius 2 is 1.07 bits per heavy atom. The van der Waals surface area contributed by atoms with Crippen LogP contribution in [0.25, 0.3) is 0 Å². The summed E-state index contributed by atoms with van der Waals surface area (Å²) in [4.78, 5) is 2.29. The van der Waals surface area contributed by atoms with Crippen molar-refractivity contribution in [3.05, 3.63) is 78.4 Å². The molecule has 0 amide bonds. The van der Waals surface area contributed by atoms with Crippen LogP contribution in [-0.4, -0.2) is 37.1 Å². The molecule has 7 heteroatoms. The molecule has 0 saturated carbocycles. The van der Waals surface area contributed by atoms with Crippen LogP contribution in [0.3, 0.4) is 0 Å². The largest absolute Gasteiger partial charge is 0.494 e. The van der Waals surface area contributed by atoms with Gasteiger partial charge >= 0.3 is 14.2 Å². The summed E-state index contributed by atoms with van der Waals surface area (Å²) in [6.45, 7) is 21.4. The van der Waals surface area contributed by atoms with Crippen molar-refractivity contribution in [2.24, 2.45) is 5.92 Å². The van der Waals surface area contributed by atoms with Gasteiger partial charge in [-0.1, -0.05) is 64.1 Å². The van der Waals surface area contributed by atoms with E-state index in [2.05, 4.69) is 147 Å². The van der Waals surface area contributed by atoms with Gasteiger partial charge in [0.25, 0.3) is 0 Å². The van der Waals surface area contributed by atoms with Gasteiger partial charge < -0.3 is 23.5 Å². The molecule has 2 saturated heterocycles. The van der Waals surface area contributed by atoms with Crippen LogP contribution in [0.4, 0.5) is 17.1 Å². The molecule has 2 heterocycles. The lowest BCUT2D eigenvalue weighted by atomic mass is 9.79. The number of benzene rings is 3. The molecule has 0 radical (unpaired) electrons. The molecule has 2 unspecified atom stereocenters. The minimum atomic E-state index is -0.392. The van der Waals surface area contributed by atoms with E-state index in [0.29, 0.717) is 11.8 Å². The molecule has 3 aromatic carbocycles. The third-order valence-corrected chi connectivity index (χ3v) is 9.40. The summed E-state index contributed by atoms with van der Waals surface area (Å²) in [5.74, 6) is 0.898. The SMILES string of the molecule is CCC(C)c1ccc(N(c2ccc(B3OC(C(C)C)C(C)(C)O3)cc2)c2ccc(B3OC(C)(C)C(C)(C)O3)cc2)cc1. The maximum Gasteiger partial charge on any atom is 0.494 e. The first-order valence-corrected chi connectivity index (χ1v) is 15.5. The molecule has 5 nitrogen and oxygen atoms in total. The molecule has 3 aromatic rings. The molecule has 2 atom stereocenters. The van der Waals surface area contributed by atoms with Crippen LogP contribution in [0.2, 0.25) is 0 Å². The highest BCUT2D eigenvalue weighted by Crippen LogP contribution is 2.38. The second-order valence-corrected chi connectivity index (χ2v) is 13.9. The molecule has 2 fully saturated rings. The molecular formula is C35H47B2NO4. The molecule has 0 N–H and O–H groups in total. The Kier molecular flexibility index (Phi) is 8.45. The lowest BCUT2D eigenvalue weighted by Crippen LogP contribution is -2.41. The predicted octanol–water partition coefficient (Wildman–Crippen LogP) is 7.51. The number of hydrogen-bond donors (Lipinski definition) is 0. The minimum Gasteiger partial charge on any atom is -0.401 e. The van der Waals surface area contributed by atoms with Crippen molar-refractivity contribution in [1.29, 1.82) is 0 Å². The fourth-order valence-electron chi connectivity index (χ4n) is 5.95. The van der Waals surface area contributed by atoms with Gasteiger partial charge in [0.05, 0.1) is 22.9 Å². The fourth-order valence-corrected chi connectivity index (χ4v) is 5.95. The molecule has 222 valence electrons. The summed E-state index contributed by atoms with van der Waals surface area (Å²) in [7, 11) is -0.763. The molecular weight excluding hydrogens is 520 g/mol. The quantitative estimate of drug-likeness (QED) is 0.264. The standard InChI is InChI=1S/C35H47B2NO4/c1-11-25(4)26-12-18-29(19-13-26)38(31-22-16-28(17-23-31)37-41-34(7,8)35(9,10)42-37)30-20-14-27(15-21-30)36-39-32(24(2)3)33(5,6)40-36/h12-25,32H,11H2,1-10H3. The van der Waals surface area contributed by atoms with Crippen molar-refractivity contribution in [3.63, 3.8) is 0 Å². The van der Waals surface area contributed by atoms with Crippen molar-refractivity contribution in [2.75, 3.05) is 4.90 Å². The minimum absolute atomic E-state index is 0.0465. The van der Waals surface area contributed by atoms with E-state index in [1.54, 1.807) is 0 Å². The summed E-state index contributed by atoms with van der Waals surface area (Å²) in [5, 5.41) is 0. The topological polar surface area (TPSA) is 40.2 Å². The zero-order valence-corrected chi connectivity index (χ0v) is 27.1. The smallest absolute Gasteiger partial charge is 0.401 e. The van der Waals surface area contributed by atoms with Crippen molar-refractivity contribution >= 4 is 42.2 Å². The van der Waals surface area contributed by atoms with Crippen molar-refractivity contribution < 1.29 is 18.6 Å².